The highest BCUT2D eigenvalue weighted by Crippen LogP contribution is 2.21. The minimum Gasteiger partial charge on any atom is -0.481 e. The summed E-state index contributed by atoms with van der Waals surface area (Å²) in [6.07, 6.45) is 4.45. The van der Waals surface area contributed by atoms with Gasteiger partial charge in [-0.2, -0.15) is 0 Å². The van der Waals surface area contributed by atoms with Crippen molar-refractivity contribution in [1.29, 1.82) is 0 Å². The van der Waals surface area contributed by atoms with Crippen molar-refractivity contribution in [2.75, 3.05) is 6.54 Å². The number of carbonyl (C=O) groups excluding carboxylic acids is 1. The van der Waals surface area contributed by atoms with Crippen LogP contribution in [-0.2, 0) is 16.0 Å². The number of hydrogen-bond donors (Lipinski definition) is 1. The summed E-state index contributed by atoms with van der Waals surface area (Å²) in [5, 5.41) is 8.83. The van der Waals surface area contributed by atoms with Crippen LogP contribution in [0.15, 0.2) is 24.4 Å². The quantitative estimate of drug-likeness (QED) is 0.872. The van der Waals surface area contributed by atoms with E-state index in [-0.39, 0.29) is 18.4 Å². The van der Waals surface area contributed by atoms with E-state index in [1.807, 2.05) is 18.2 Å². The topological polar surface area (TPSA) is 70.5 Å². The van der Waals surface area contributed by atoms with Crippen LogP contribution < -0.4 is 0 Å². The average Bonchev–Trinajstić information content (AvgIpc) is 2.84. The van der Waals surface area contributed by atoms with Crippen molar-refractivity contribution >= 4 is 11.9 Å². The molecule has 1 fully saturated rings. The van der Waals surface area contributed by atoms with Crippen LogP contribution in [0.25, 0.3) is 0 Å². The van der Waals surface area contributed by atoms with Gasteiger partial charge >= 0.3 is 5.97 Å². The van der Waals surface area contributed by atoms with Gasteiger partial charge in [0.15, 0.2) is 0 Å². The van der Waals surface area contributed by atoms with Crippen molar-refractivity contribution in [3.63, 3.8) is 0 Å². The summed E-state index contributed by atoms with van der Waals surface area (Å²) in [4.78, 5) is 28.8. The summed E-state index contributed by atoms with van der Waals surface area (Å²) >= 11 is 0. The summed E-state index contributed by atoms with van der Waals surface area (Å²) in [6, 6.07) is 5.50. The lowest BCUT2D eigenvalue weighted by molar-refractivity contribution is -0.139. The van der Waals surface area contributed by atoms with E-state index in [4.69, 9.17) is 5.11 Å². The summed E-state index contributed by atoms with van der Waals surface area (Å²) < 4.78 is 0. The van der Waals surface area contributed by atoms with Crippen molar-refractivity contribution in [1.82, 2.24) is 9.88 Å². The zero-order valence-corrected chi connectivity index (χ0v) is 10.8. The molecule has 1 amide bonds. The van der Waals surface area contributed by atoms with Crippen molar-refractivity contribution in [2.45, 2.75) is 38.1 Å². The van der Waals surface area contributed by atoms with Crippen molar-refractivity contribution in [3.8, 4) is 0 Å². The molecular formula is C14H18N2O3. The summed E-state index contributed by atoms with van der Waals surface area (Å²) in [7, 11) is 0. The SMILES string of the molecule is O=C(O)CC1CCCN1C(=O)CCc1ccccn1. The molecule has 0 aromatic carbocycles. The Balaban J connectivity index is 1.87. The van der Waals surface area contributed by atoms with Crippen LogP contribution in [0.4, 0.5) is 0 Å². The molecule has 0 saturated carbocycles. The third-order valence-corrected chi connectivity index (χ3v) is 3.43. The Kier molecular flexibility index (Phi) is 4.49. The zero-order chi connectivity index (χ0) is 13.7. The number of pyridine rings is 1. The molecule has 1 aliphatic heterocycles. The van der Waals surface area contributed by atoms with Gasteiger partial charge in [0.2, 0.25) is 5.91 Å². The van der Waals surface area contributed by atoms with Gasteiger partial charge in [-0.05, 0) is 31.4 Å². The predicted octanol–water partition coefficient (Wildman–Crippen LogP) is 1.48. The molecule has 1 atom stereocenters. The maximum Gasteiger partial charge on any atom is 0.305 e. The number of nitrogens with zero attached hydrogens (tertiary/aromatic N) is 2. The molecule has 0 spiro atoms. The van der Waals surface area contributed by atoms with Gasteiger partial charge < -0.3 is 10.0 Å². The number of hydrogen-bond acceptors (Lipinski definition) is 3. The van der Waals surface area contributed by atoms with Gasteiger partial charge in [-0.25, -0.2) is 0 Å². The van der Waals surface area contributed by atoms with Crippen LogP contribution >= 0.6 is 0 Å². The summed E-state index contributed by atoms with van der Waals surface area (Å²) in [6.45, 7) is 0.680. The molecule has 1 unspecified atom stereocenters. The number of aromatic nitrogens is 1. The first-order chi connectivity index (χ1) is 9.16. The van der Waals surface area contributed by atoms with E-state index in [9.17, 15) is 9.59 Å². The van der Waals surface area contributed by atoms with Gasteiger partial charge in [-0.1, -0.05) is 6.07 Å². The largest absolute Gasteiger partial charge is 0.481 e. The number of carboxylic acids is 1. The molecule has 2 rings (SSSR count). The highest BCUT2D eigenvalue weighted by molar-refractivity contribution is 5.78. The Morgan fingerprint density at radius 3 is 2.95 bits per heavy atom. The monoisotopic (exact) mass is 262 g/mol. The highest BCUT2D eigenvalue weighted by atomic mass is 16.4. The molecule has 0 aliphatic carbocycles. The maximum atomic E-state index is 12.1. The molecule has 1 aliphatic rings. The molecule has 102 valence electrons. The van der Waals surface area contributed by atoms with Crippen molar-refractivity contribution in [2.24, 2.45) is 0 Å². The Bertz CT molecular complexity index is 447. The van der Waals surface area contributed by atoms with E-state index < -0.39 is 5.97 Å². The number of rotatable bonds is 5. The average molecular weight is 262 g/mol. The molecule has 1 aromatic rings. The number of aryl methyl sites for hydroxylation is 1. The van der Waals surface area contributed by atoms with Gasteiger partial charge in [0.1, 0.15) is 0 Å². The second kappa shape index (κ2) is 6.31. The molecule has 19 heavy (non-hydrogen) atoms. The molecular weight excluding hydrogens is 244 g/mol. The first-order valence-corrected chi connectivity index (χ1v) is 6.58. The van der Waals surface area contributed by atoms with Crippen LogP contribution in [0.2, 0.25) is 0 Å². The Labute approximate surface area is 112 Å². The number of aliphatic carboxylic acids is 1. The van der Waals surface area contributed by atoms with Crippen LogP contribution in [0.1, 0.15) is 31.4 Å². The van der Waals surface area contributed by atoms with Crippen molar-refractivity contribution in [3.05, 3.63) is 30.1 Å². The fourth-order valence-corrected chi connectivity index (χ4v) is 2.50. The smallest absolute Gasteiger partial charge is 0.305 e. The molecule has 1 N–H and O–H groups in total. The lowest BCUT2D eigenvalue weighted by atomic mass is 10.1. The van der Waals surface area contributed by atoms with Gasteiger partial charge in [-0.15, -0.1) is 0 Å². The first-order valence-electron chi connectivity index (χ1n) is 6.58. The number of likely N-dealkylation sites (tertiary alicyclic amines) is 1. The van der Waals surface area contributed by atoms with Gasteiger partial charge in [0.25, 0.3) is 0 Å². The van der Waals surface area contributed by atoms with Crippen LogP contribution in [0.5, 0.6) is 0 Å². The minimum atomic E-state index is -0.838. The lowest BCUT2D eigenvalue weighted by Gasteiger charge is -2.23. The molecule has 1 saturated heterocycles. The van der Waals surface area contributed by atoms with Gasteiger partial charge in [0.05, 0.1) is 6.42 Å². The highest BCUT2D eigenvalue weighted by Gasteiger charge is 2.29. The van der Waals surface area contributed by atoms with E-state index >= 15 is 0 Å². The number of carboxylic acid groups (broad SMARTS) is 1. The molecule has 0 bridgehead atoms. The Morgan fingerprint density at radius 2 is 2.26 bits per heavy atom. The van der Waals surface area contributed by atoms with E-state index in [2.05, 4.69) is 4.98 Å². The molecule has 5 nitrogen and oxygen atoms in total. The molecule has 0 radical (unpaired) electrons. The van der Waals surface area contributed by atoms with Crippen LogP contribution in [-0.4, -0.2) is 39.5 Å². The Morgan fingerprint density at radius 1 is 1.42 bits per heavy atom. The standard InChI is InChI=1S/C14H18N2O3/c17-13(7-6-11-4-1-2-8-15-11)16-9-3-5-12(16)10-14(18)19/h1-2,4,8,12H,3,5-7,9-10H2,(H,18,19). The van der Waals surface area contributed by atoms with E-state index in [0.29, 0.717) is 19.4 Å². The van der Waals surface area contributed by atoms with Gasteiger partial charge in [-0.3, -0.25) is 14.6 Å². The molecule has 2 heterocycles. The van der Waals surface area contributed by atoms with E-state index in [0.717, 1.165) is 18.5 Å². The normalized spacial score (nSPS) is 18.5. The Hall–Kier alpha value is -1.91. The predicted molar refractivity (Wildman–Crippen MR) is 69.5 cm³/mol. The summed E-state index contributed by atoms with van der Waals surface area (Å²) in [5.74, 6) is -0.802. The van der Waals surface area contributed by atoms with E-state index in [1.165, 1.54) is 0 Å². The molecule has 5 heteroatoms. The third-order valence-electron chi connectivity index (χ3n) is 3.43. The second-order valence-electron chi connectivity index (χ2n) is 4.80. The lowest BCUT2D eigenvalue weighted by Crippen LogP contribution is -2.36. The van der Waals surface area contributed by atoms with Crippen LogP contribution in [0.3, 0.4) is 0 Å². The summed E-state index contributed by atoms with van der Waals surface area (Å²) in [5.41, 5.74) is 0.893. The molecule has 1 aromatic heterocycles. The zero-order valence-electron chi connectivity index (χ0n) is 10.8. The van der Waals surface area contributed by atoms with Crippen molar-refractivity contribution < 1.29 is 14.7 Å². The first kappa shape index (κ1) is 13.5. The third kappa shape index (κ3) is 3.77. The van der Waals surface area contributed by atoms with Gasteiger partial charge in [0, 0.05) is 30.9 Å². The maximum absolute atomic E-state index is 12.1. The number of amides is 1. The number of carbonyl (C=O) groups is 2. The fourth-order valence-electron chi connectivity index (χ4n) is 2.50. The minimum absolute atomic E-state index is 0.0365. The fraction of sp³-hybridized carbons (Fsp3) is 0.500. The van der Waals surface area contributed by atoms with E-state index in [1.54, 1.807) is 11.1 Å². The van der Waals surface area contributed by atoms with Crippen LogP contribution in [0, 0.1) is 0 Å². The second-order valence-corrected chi connectivity index (χ2v) is 4.80.